The Balaban J connectivity index is 2.12. The van der Waals surface area contributed by atoms with E-state index in [-0.39, 0.29) is 5.75 Å². The van der Waals surface area contributed by atoms with E-state index in [1.165, 1.54) is 23.1 Å². The minimum Gasteiger partial charge on any atom is -0.481 e. The normalized spacial score (nSPS) is 10.4. The smallest absolute Gasteiger partial charge is 0.313 e. The van der Waals surface area contributed by atoms with Gasteiger partial charge in [0.05, 0.1) is 11.4 Å². The SMILES string of the molecule is O=C(O)CSc1nc(-c2ccc(Cl)cc2)cs1. The van der Waals surface area contributed by atoms with Gasteiger partial charge in [0.15, 0.2) is 4.34 Å². The number of rotatable bonds is 4. The molecule has 0 aliphatic heterocycles. The number of hydrogen-bond donors (Lipinski definition) is 1. The van der Waals surface area contributed by atoms with Crippen molar-refractivity contribution in [1.82, 2.24) is 4.98 Å². The minimum absolute atomic E-state index is 0.0353. The van der Waals surface area contributed by atoms with Crippen LogP contribution in [0.1, 0.15) is 0 Å². The molecule has 1 N–H and O–H groups in total. The Hall–Kier alpha value is -1.04. The van der Waals surface area contributed by atoms with Crippen molar-refractivity contribution in [3.05, 3.63) is 34.7 Å². The average Bonchev–Trinajstić information content (AvgIpc) is 2.76. The van der Waals surface area contributed by atoms with Gasteiger partial charge < -0.3 is 5.11 Å². The second kappa shape index (κ2) is 5.53. The van der Waals surface area contributed by atoms with Gasteiger partial charge in [0, 0.05) is 16.0 Å². The Morgan fingerprint density at radius 2 is 2.12 bits per heavy atom. The van der Waals surface area contributed by atoms with Gasteiger partial charge in [0.1, 0.15) is 0 Å². The maximum absolute atomic E-state index is 10.4. The first-order chi connectivity index (χ1) is 8.15. The van der Waals surface area contributed by atoms with Gasteiger partial charge in [-0.15, -0.1) is 11.3 Å². The molecule has 1 heterocycles. The fourth-order valence-corrected chi connectivity index (χ4v) is 2.88. The Morgan fingerprint density at radius 3 is 2.76 bits per heavy atom. The summed E-state index contributed by atoms with van der Waals surface area (Å²) in [5.74, 6) is -0.800. The number of aliphatic carboxylic acids is 1. The molecular formula is C11H8ClNO2S2. The van der Waals surface area contributed by atoms with Crippen LogP contribution in [-0.2, 0) is 4.79 Å². The molecule has 0 spiro atoms. The van der Waals surface area contributed by atoms with Crippen molar-refractivity contribution in [2.24, 2.45) is 0 Å². The first-order valence-electron chi connectivity index (χ1n) is 4.71. The standard InChI is InChI=1S/C11H8ClNO2S2/c12-8-3-1-7(2-4-8)9-5-16-11(13-9)17-6-10(14)15/h1-5H,6H2,(H,14,15). The van der Waals surface area contributed by atoms with Crippen molar-refractivity contribution in [1.29, 1.82) is 0 Å². The Kier molecular flexibility index (Phi) is 4.04. The van der Waals surface area contributed by atoms with E-state index in [1.54, 1.807) is 12.1 Å². The molecule has 2 rings (SSSR count). The van der Waals surface area contributed by atoms with Crippen molar-refractivity contribution in [2.75, 3.05) is 5.75 Å². The lowest BCUT2D eigenvalue weighted by Gasteiger charge is -1.96. The van der Waals surface area contributed by atoms with Gasteiger partial charge in [0.2, 0.25) is 0 Å². The molecular weight excluding hydrogens is 278 g/mol. The van der Waals surface area contributed by atoms with Crippen LogP contribution >= 0.6 is 34.7 Å². The number of thiazole rings is 1. The van der Waals surface area contributed by atoms with Gasteiger partial charge in [0.25, 0.3) is 0 Å². The van der Waals surface area contributed by atoms with Gasteiger partial charge in [-0.05, 0) is 12.1 Å². The van der Waals surface area contributed by atoms with Gasteiger partial charge in [-0.25, -0.2) is 4.98 Å². The fraction of sp³-hybridized carbons (Fsp3) is 0.0909. The van der Waals surface area contributed by atoms with Crippen LogP contribution < -0.4 is 0 Å². The zero-order valence-electron chi connectivity index (χ0n) is 8.59. The quantitative estimate of drug-likeness (QED) is 0.872. The molecule has 0 radical (unpaired) electrons. The summed E-state index contributed by atoms with van der Waals surface area (Å²) in [7, 11) is 0. The second-order valence-corrected chi connectivity index (χ2v) is 5.70. The number of carboxylic acids is 1. The van der Waals surface area contributed by atoms with Crippen LogP contribution in [-0.4, -0.2) is 21.8 Å². The molecule has 0 unspecified atom stereocenters. The summed E-state index contributed by atoms with van der Waals surface area (Å²) in [6.45, 7) is 0. The summed E-state index contributed by atoms with van der Waals surface area (Å²) in [6.07, 6.45) is 0. The van der Waals surface area contributed by atoms with Crippen molar-refractivity contribution in [2.45, 2.75) is 4.34 Å². The van der Waals surface area contributed by atoms with Crippen molar-refractivity contribution >= 4 is 40.7 Å². The Bertz CT molecular complexity index is 525. The van der Waals surface area contributed by atoms with Crippen molar-refractivity contribution in [3.63, 3.8) is 0 Å². The molecule has 3 nitrogen and oxygen atoms in total. The predicted molar refractivity (Wildman–Crippen MR) is 70.9 cm³/mol. The van der Waals surface area contributed by atoms with Gasteiger partial charge in [-0.2, -0.15) is 0 Å². The van der Waals surface area contributed by atoms with E-state index in [0.717, 1.165) is 15.6 Å². The summed E-state index contributed by atoms with van der Waals surface area (Å²) in [6, 6.07) is 7.40. The number of hydrogen-bond acceptors (Lipinski definition) is 4. The second-order valence-electron chi connectivity index (χ2n) is 3.19. The molecule has 0 atom stereocenters. The molecule has 0 aliphatic carbocycles. The van der Waals surface area contributed by atoms with E-state index < -0.39 is 5.97 Å². The number of halogens is 1. The number of benzene rings is 1. The first kappa shape index (κ1) is 12.4. The third-order valence-corrected chi connectivity index (χ3v) is 4.20. The zero-order chi connectivity index (χ0) is 12.3. The van der Waals surface area contributed by atoms with Gasteiger partial charge >= 0.3 is 5.97 Å². The van der Waals surface area contributed by atoms with E-state index in [1.807, 2.05) is 17.5 Å². The van der Waals surface area contributed by atoms with Gasteiger partial charge in [-0.1, -0.05) is 35.5 Å². The molecule has 88 valence electrons. The first-order valence-corrected chi connectivity index (χ1v) is 6.95. The molecule has 0 amide bonds. The molecule has 17 heavy (non-hydrogen) atoms. The number of carboxylic acid groups (broad SMARTS) is 1. The fourth-order valence-electron chi connectivity index (χ4n) is 1.20. The maximum atomic E-state index is 10.4. The molecule has 1 aromatic carbocycles. The molecule has 0 aliphatic rings. The minimum atomic E-state index is -0.835. The molecule has 0 saturated carbocycles. The highest BCUT2D eigenvalue weighted by Crippen LogP contribution is 2.28. The van der Waals surface area contributed by atoms with E-state index >= 15 is 0 Å². The molecule has 0 saturated heterocycles. The van der Waals surface area contributed by atoms with Crippen LogP contribution in [0, 0.1) is 0 Å². The van der Waals surface area contributed by atoms with Crippen LogP contribution in [0.25, 0.3) is 11.3 Å². The van der Waals surface area contributed by atoms with Crippen LogP contribution in [0.5, 0.6) is 0 Å². The highest BCUT2D eigenvalue weighted by Gasteiger charge is 2.06. The number of aromatic nitrogens is 1. The van der Waals surface area contributed by atoms with E-state index in [4.69, 9.17) is 16.7 Å². The summed E-state index contributed by atoms with van der Waals surface area (Å²) in [5, 5.41) is 11.2. The van der Waals surface area contributed by atoms with E-state index in [0.29, 0.717) is 5.02 Å². The van der Waals surface area contributed by atoms with Crippen molar-refractivity contribution < 1.29 is 9.90 Å². The van der Waals surface area contributed by atoms with Crippen LogP contribution in [0.4, 0.5) is 0 Å². The number of nitrogens with zero attached hydrogens (tertiary/aromatic N) is 1. The molecule has 0 bridgehead atoms. The topological polar surface area (TPSA) is 50.2 Å². The van der Waals surface area contributed by atoms with Crippen molar-refractivity contribution in [3.8, 4) is 11.3 Å². The zero-order valence-corrected chi connectivity index (χ0v) is 11.0. The highest BCUT2D eigenvalue weighted by molar-refractivity contribution is 8.01. The lowest BCUT2D eigenvalue weighted by Crippen LogP contribution is -1.96. The summed E-state index contributed by atoms with van der Waals surface area (Å²) in [4.78, 5) is 14.8. The molecule has 0 fully saturated rings. The summed E-state index contributed by atoms with van der Waals surface area (Å²) >= 11 is 8.48. The molecule has 2 aromatic rings. The summed E-state index contributed by atoms with van der Waals surface area (Å²) < 4.78 is 0.761. The number of carbonyl (C=O) groups is 1. The monoisotopic (exact) mass is 285 g/mol. The summed E-state index contributed by atoms with van der Waals surface area (Å²) in [5.41, 5.74) is 1.83. The molecule has 1 aromatic heterocycles. The van der Waals surface area contributed by atoms with Gasteiger partial charge in [-0.3, -0.25) is 4.79 Å². The highest BCUT2D eigenvalue weighted by atomic mass is 35.5. The Labute approximate surface area is 111 Å². The maximum Gasteiger partial charge on any atom is 0.313 e. The predicted octanol–water partition coefficient (Wildman–Crippen LogP) is 3.64. The van der Waals surface area contributed by atoms with Crippen LogP contribution in [0.15, 0.2) is 34.0 Å². The van der Waals surface area contributed by atoms with Crippen LogP contribution in [0.3, 0.4) is 0 Å². The lowest BCUT2D eigenvalue weighted by molar-refractivity contribution is -0.133. The lowest BCUT2D eigenvalue weighted by atomic mass is 10.2. The average molecular weight is 286 g/mol. The Morgan fingerprint density at radius 1 is 1.41 bits per heavy atom. The van der Waals surface area contributed by atoms with E-state index in [2.05, 4.69) is 4.98 Å². The third kappa shape index (κ3) is 3.46. The number of thioether (sulfide) groups is 1. The van der Waals surface area contributed by atoms with Crippen LogP contribution in [0.2, 0.25) is 5.02 Å². The molecule has 6 heteroatoms. The third-order valence-electron chi connectivity index (χ3n) is 1.94. The van der Waals surface area contributed by atoms with E-state index in [9.17, 15) is 4.79 Å². The largest absolute Gasteiger partial charge is 0.481 e.